The SMILES string of the molecule is CCCCCCCCCCCCc1ccccc1C(Sc1ncc(NC=O)n1CC)C(=O)OC. The molecule has 0 aliphatic rings. The van der Waals surface area contributed by atoms with Gasteiger partial charge in [0.1, 0.15) is 11.1 Å². The quantitative estimate of drug-likeness (QED) is 0.107. The topological polar surface area (TPSA) is 73.2 Å². The molecule has 0 aliphatic heterocycles. The van der Waals surface area contributed by atoms with Crippen LogP contribution in [0.25, 0.3) is 0 Å². The molecule has 0 saturated carbocycles. The Bertz CT molecular complexity index is 869. The number of carbonyl (C=O) groups excluding carboxylic acids is 2. The zero-order chi connectivity index (χ0) is 24.6. The lowest BCUT2D eigenvalue weighted by Gasteiger charge is -2.19. The molecule has 6 nitrogen and oxygen atoms in total. The van der Waals surface area contributed by atoms with Crippen molar-refractivity contribution in [2.24, 2.45) is 0 Å². The first-order valence-corrected chi connectivity index (χ1v) is 13.6. The highest BCUT2D eigenvalue weighted by atomic mass is 32.2. The average Bonchev–Trinajstić information content (AvgIpc) is 3.25. The third-order valence-electron chi connectivity index (χ3n) is 6.12. The van der Waals surface area contributed by atoms with Crippen molar-refractivity contribution in [1.82, 2.24) is 9.55 Å². The van der Waals surface area contributed by atoms with Crippen molar-refractivity contribution < 1.29 is 14.3 Å². The molecule has 188 valence electrons. The summed E-state index contributed by atoms with van der Waals surface area (Å²) >= 11 is 1.37. The lowest BCUT2D eigenvalue weighted by atomic mass is 9.98. The molecule has 0 bridgehead atoms. The summed E-state index contributed by atoms with van der Waals surface area (Å²) in [6.07, 6.45) is 16.2. The predicted molar refractivity (Wildman–Crippen MR) is 140 cm³/mol. The Morgan fingerprint density at radius 1 is 1.06 bits per heavy atom. The number of nitrogens with one attached hydrogen (secondary N) is 1. The Kier molecular flexibility index (Phi) is 13.5. The Morgan fingerprint density at radius 3 is 2.32 bits per heavy atom. The number of unbranched alkanes of at least 4 members (excludes halogenated alkanes) is 9. The maximum absolute atomic E-state index is 12.8. The average molecular weight is 488 g/mol. The first kappa shape index (κ1) is 28.0. The van der Waals surface area contributed by atoms with E-state index in [1.54, 1.807) is 6.20 Å². The van der Waals surface area contributed by atoms with Gasteiger partial charge in [0.15, 0.2) is 5.16 Å². The van der Waals surface area contributed by atoms with Gasteiger partial charge in [-0.05, 0) is 30.9 Å². The second-order valence-electron chi connectivity index (χ2n) is 8.58. The molecule has 1 aromatic heterocycles. The minimum atomic E-state index is -0.513. The number of imidazole rings is 1. The number of nitrogens with zero attached hydrogens (tertiary/aromatic N) is 2. The van der Waals surface area contributed by atoms with Crippen LogP contribution in [-0.4, -0.2) is 29.0 Å². The summed E-state index contributed by atoms with van der Waals surface area (Å²) in [5.74, 6) is 0.318. The second-order valence-corrected chi connectivity index (χ2v) is 9.66. The fourth-order valence-corrected chi connectivity index (χ4v) is 5.43. The maximum Gasteiger partial charge on any atom is 0.323 e. The Hall–Kier alpha value is -2.28. The molecule has 7 heteroatoms. The largest absolute Gasteiger partial charge is 0.468 e. The summed E-state index contributed by atoms with van der Waals surface area (Å²) in [5.41, 5.74) is 2.16. The summed E-state index contributed by atoms with van der Waals surface area (Å²) in [6, 6.07) is 8.14. The Balaban J connectivity index is 1.98. The van der Waals surface area contributed by atoms with Gasteiger partial charge in [0.25, 0.3) is 0 Å². The van der Waals surface area contributed by atoms with Crippen LogP contribution in [0.4, 0.5) is 5.82 Å². The second kappa shape index (κ2) is 16.4. The van der Waals surface area contributed by atoms with Crippen molar-refractivity contribution in [2.75, 3.05) is 12.4 Å². The van der Waals surface area contributed by atoms with Gasteiger partial charge >= 0.3 is 5.97 Å². The third kappa shape index (κ3) is 8.82. The molecule has 0 radical (unpaired) electrons. The van der Waals surface area contributed by atoms with Gasteiger partial charge in [0.05, 0.1) is 13.3 Å². The smallest absolute Gasteiger partial charge is 0.323 e. The maximum atomic E-state index is 12.8. The molecule has 1 heterocycles. The zero-order valence-electron chi connectivity index (χ0n) is 21.1. The highest BCUT2D eigenvalue weighted by Crippen LogP contribution is 2.38. The van der Waals surface area contributed by atoms with Crippen LogP contribution >= 0.6 is 11.8 Å². The van der Waals surface area contributed by atoms with Crippen molar-refractivity contribution in [3.8, 4) is 0 Å². The van der Waals surface area contributed by atoms with Crippen LogP contribution in [0, 0.1) is 0 Å². The van der Waals surface area contributed by atoms with Crippen molar-refractivity contribution in [3.05, 3.63) is 41.6 Å². The molecule has 2 rings (SSSR count). The van der Waals surface area contributed by atoms with E-state index in [-0.39, 0.29) is 5.97 Å². The lowest BCUT2D eigenvalue weighted by Crippen LogP contribution is -2.14. The van der Waals surface area contributed by atoms with Crippen LogP contribution in [0.5, 0.6) is 0 Å². The zero-order valence-corrected chi connectivity index (χ0v) is 21.9. The first-order chi connectivity index (χ1) is 16.7. The van der Waals surface area contributed by atoms with Crippen molar-refractivity contribution >= 4 is 30.0 Å². The molecule has 34 heavy (non-hydrogen) atoms. The number of aryl methyl sites for hydroxylation is 1. The van der Waals surface area contributed by atoms with Gasteiger partial charge in [-0.15, -0.1) is 0 Å². The van der Waals surface area contributed by atoms with Crippen molar-refractivity contribution in [2.45, 2.75) is 101 Å². The van der Waals surface area contributed by atoms with Crippen LogP contribution < -0.4 is 5.32 Å². The van der Waals surface area contributed by atoms with Gasteiger partial charge in [-0.2, -0.15) is 0 Å². The number of ether oxygens (including phenoxy) is 1. The van der Waals surface area contributed by atoms with Crippen LogP contribution in [0.3, 0.4) is 0 Å². The van der Waals surface area contributed by atoms with Crippen LogP contribution in [0.15, 0.2) is 35.6 Å². The number of thioether (sulfide) groups is 1. The van der Waals surface area contributed by atoms with E-state index in [0.29, 0.717) is 23.9 Å². The molecule has 1 atom stereocenters. The highest BCUT2D eigenvalue weighted by Gasteiger charge is 2.27. The van der Waals surface area contributed by atoms with E-state index >= 15 is 0 Å². The van der Waals surface area contributed by atoms with Gasteiger partial charge in [0, 0.05) is 6.54 Å². The van der Waals surface area contributed by atoms with Gasteiger partial charge in [0.2, 0.25) is 6.41 Å². The van der Waals surface area contributed by atoms with Crippen molar-refractivity contribution in [3.63, 3.8) is 0 Å². The number of rotatable bonds is 18. The normalized spacial score (nSPS) is 11.9. The molecule has 1 unspecified atom stereocenters. The molecule has 0 fully saturated rings. The van der Waals surface area contributed by atoms with E-state index in [2.05, 4.69) is 23.3 Å². The number of amides is 1. The fraction of sp³-hybridized carbons (Fsp3) is 0.593. The first-order valence-electron chi connectivity index (χ1n) is 12.7. The summed E-state index contributed by atoms with van der Waals surface area (Å²) in [7, 11) is 1.42. The molecular formula is C27H41N3O3S. The standard InChI is InChI=1S/C27H41N3O3S/c1-4-6-7-8-9-10-11-12-13-14-17-22-18-15-16-19-23(22)25(26(32)33-3)34-27-28-20-24(29-21-31)30(27)5-2/h15-16,18-21,25H,4-14,17H2,1-3H3,(H,29,31). The van der Waals surface area contributed by atoms with Crippen molar-refractivity contribution in [1.29, 1.82) is 0 Å². The van der Waals surface area contributed by atoms with Gasteiger partial charge in [-0.1, -0.05) is 101 Å². The number of benzene rings is 1. The van der Waals surface area contributed by atoms with E-state index in [1.807, 2.05) is 29.7 Å². The predicted octanol–water partition coefficient (Wildman–Crippen LogP) is 6.94. The lowest BCUT2D eigenvalue weighted by molar-refractivity contribution is -0.140. The van der Waals surface area contributed by atoms with Gasteiger partial charge in [-0.3, -0.25) is 9.59 Å². The summed E-state index contributed by atoms with van der Waals surface area (Å²) < 4.78 is 7.05. The Morgan fingerprint density at radius 2 is 1.71 bits per heavy atom. The molecule has 0 aliphatic carbocycles. The number of hydrogen-bond acceptors (Lipinski definition) is 5. The number of carbonyl (C=O) groups is 2. The Labute approximate surface area is 209 Å². The van der Waals surface area contributed by atoms with Crippen LogP contribution in [0.2, 0.25) is 0 Å². The van der Waals surface area contributed by atoms with Gasteiger partial charge in [-0.25, -0.2) is 4.98 Å². The number of aromatic nitrogens is 2. The minimum absolute atomic E-state index is 0.295. The van der Waals surface area contributed by atoms with E-state index in [4.69, 9.17) is 4.74 Å². The van der Waals surface area contributed by atoms with E-state index in [0.717, 1.165) is 18.4 Å². The molecule has 0 spiro atoms. The van der Waals surface area contributed by atoms with Crippen LogP contribution in [-0.2, 0) is 27.3 Å². The van der Waals surface area contributed by atoms with Gasteiger partial charge < -0.3 is 14.6 Å². The monoisotopic (exact) mass is 487 g/mol. The van der Waals surface area contributed by atoms with Crippen LogP contribution in [0.1, 0.15) is 94.4 Å². The summed E-state index contributed by atoms with van der Waals surface area (Å²) in [6.45, 7) is 4.87. The molecular weight excluding hydrogens is 446 g/mol. The molecule has 2 aromatic rings. The fourth-order valence-electron chi connectivity index (χ4n) is 4.21. The molecule has 1 N–H and O–H groups in total. The number of esters is 1. The van der Waals surface area contributed by atoms with E-state index in [1.165, 1.54) is 82.2 Å². The molecule has 0 saturated heterocycles. The molecule has 1 aromatic carbocycles. The summed E-state index contributed by atoms with van der Waals surface area (Å²) in [4.78, 5) is 28.1. The highest BCUT2D eigenvalue weighted by molar-refractivity contribution is 8.00. The molecule has 1 amide bonds. The summed E-state index contributed by atoms with van der Waals surface area (Å²) in [5, 5.41) is 2.83. The number of hydrogen-bond donors (Lipinski definition) is 1. The number of anilines is 1. The minimum Gasteiger partial charge on any atom is -0.468 e. The third-order valence-corrected chi connectivity index (χ3v) is 7.34. The van der Waals surface area contributed by atoms with E-state index in [9.17, 15) is 9.59 Å². The number of methoxy groups -OCH3 is 1. The van der Waals surface area contributed by atoms with E-state index < -0.39 is 5.25 Å².